The molecule has 5 nitrogen and oxygen atoms in total. The number of anilines is 1. The van der Waals surface area contributed by atoms with Gasteiger partial charge in [-0.05, 0) is 13.3 Å². The first kappa shape index (κ1) is 15.5. The van der Waals surface area contributed by atoms with Crippen molar-refractivity contribution in [3.05, 3.63) is 35.3 Å². The monoisotopic (exact) mass is 287 g/mol. The Hall–Kier alpha value is -1.91. The Bertz CT molecular complexity index is 601. The van der Waals surface area contributed by atoms with Crippen molar-refractivity contribution in [1.82, 2.24) is 19.5 Å². The molecule has 2 aromatic rings. The first-order valence-corrected chi connectivity index (χ1v) is 7.60. The fourth-order valence-corrected chi connectivity index (χ4v) is 2.14. The minimum atomic E-state index is 0.313. The number of imidazole rings is 1. The first-order valence-electron chi connectivity index (χ1n) is 7.60. The molecule has 0 saturated carbocycles. The van der Waals surface area contributed by atoms with Gasteiger partial charge in [0.1, 0.15) is 17.5 Å². The summed E-state index contributed by atoms with van der Waals surface area (Å²) in [5.41, 5.74) is 2.18. The maximum Gasteiger partial charge on any atom is 0.133 e. The van der Waals surface area contributed by atoms with Crippen LogP contribution in [-0.4, -0.2) is 26.1 Å². The fraction of sp³-hybridized carbons (Fsp3) is 0.562. The first-order chi connectivity index (χ1) is 10.0. The van der Waals surface area contributed by atoms with Crippen LogP contribution in [0.15, 0.2) is 12.4 Å². The molecule has 2 aromatic heterocycles. The molecule has 0 spiro atoms. The third-order valence-electron chi connectivity index (χ3n) is 3.57. The molecular weight excluding hydrogens is 262 g/mol. The van der Waals surface area contributed by atoms with Gasteiger partial charge in [-0.2, -0.15) is 0 Å². The lowest BCUT2D eigenvalue weighted by atomic mass is 10.1. The molecule has 0 fully saturated rings. The van der Waals surface area contributed by atoms with Gasteiger partial charge in [0.05, 0.1) is 5.69 Å². The fourth-order valence-electron chi connectivity index (χ4n) is 2.14. The highest BCUT2D eigenvalue weighted by atomic mass is 15.1. The van der Waals surface area contributed by atoms with Crippen LogP contribution in [0, 0.1) is 6.92 Å². The Morgan fingerprint density at radius 1 is 1.29 bits per heavy atom. The van der Waals surface area contributed by atoms with Gasteiger partial charge in [0.15, 0.2) is 0 Å². The number of aryl methyl sites for hydroxylation is 1. The zero-order valence-corrected chi connectivity index (χ0v) is 13.6. The number of hydrogen-bond acceptors (Lipinski definition) is 4. The molecule has 0 aliphatic heterocycles. The van der Waals surface area contributed by atoms with E-state index in [1.54, 1.807) is 0 Å². The second-order valence-corrected chi connectivity index (χ2v) is 5.71. The van der Waals surface area contributed by atoms with Gasteiger partial charge in [-0.3, -0.25) is 0 Å². The minimum absolute atomic E-state index is 0.313. The number of hydrogen-bond donors (Lipinski definition) is 1. The summed E-state index contributed by atoms with van der Waals surface area (Å²) in [6.45, 7) is 9.41. The summed E-state index contributed by atoms with van der Waals surface area (Å²) >= 11 is 0. The van der Waals surface area contributed by atoms with Gasteiger partial charge < -0.3 is 9.88 Å². The van der Waals surface area contributed by atoms with Crippen molar-refractivity contribution in [2.75, 3.05) is 11.9 Å². The maximum absolute atomic E-state index is 4.75. The van der Waals surface area contributed by atoms with E-state index in [0.717, 1.165) is 48.1 Å². The Balaban J connectivity index is 2.38. The molecule has 2 rings (SSSR count). The molecule has 5 heteroatoms. The largest absolute Gasteiger partial charge is 0.370 e. The van der Waals surface area contributed by atoms with Gasteiger partial charge in [0.25, 0.3) is 0 Å². The summed E-state index contributed by atoms with van der Waals surface area (Å²) in [6, 6.07) is 0. The summed E-state index contributed by atoms with van der Waals surface area (Å²) in [5.74, 6) is 3.18. The number of nitrogens with zero attached hydrogens (tertiary/aromatic N) is 4. The SMILES string of the molecule is CCCNc1nc(C(C)C)nc(Cc2nccn2C)c1C. The quantitative estimate of drug-likeness (QED) is 0.887. The third-order valence-corrected chi connectivity index (χ3v) is 3.57. The van der Waals surface area contributed by atoms with Gasteiger partial charge in [0, 0.05) is 43.9 Å². The van der Waals surface area contributed by atoms with E-state index in [2.05, 4.69) is 43.0 Å². The molecule has 0 saturated heterocycles. The lowest BCUT2D eigenvalue weighted by Gasteiger charge is -2.15. The summed E-state index contributed by atoms with van der Waals surface area (Å²) in [5, 5.41) is 3.41. The van der Waals surface area contributed by atoms with Crippen molar-refractivity contribution in [1.29, 1.82) is 0 Å². The lowest BCUT2D eigenvalue weighted by Crippen LogP contribution is -2.12. The van der Waals surface area contributed by atoms with Crippen LogP contribution >= 0.6 is 0 Å². The van der Waals surface area contributed by atoms with E-state index in [1.807, 2.05) is 24.0 Å². The predicted molar refractivity (Wildman–Crippen MR) is 85.7 cm³/mol. The van der Waals surface area contributed by atoms with E-state index >= 15 is 0 Å². The molecule has 1 N–H and O–H groups in total. The van der Waals surface area contributed by atoms with Gasteiger partial charge in [-0.1, -0.05) is 20.8 Å². The molecule has 114 valence electrons. The highest BCUT2D eigenvalue weighted by Gasteiger charge is 2.14. The van der Waals surface area contributed by atoms with Crippen LogP contribution in [0.25, 0.3) is 0 Å². The standard InChI is InChI=1S/C16H25N5/c1-6-7-18-16-12(4)13(19-15(20-16)11(2)3)10-14-17-8-9-21(14)5/h8-9,11H,6-7,10H2,1-5H3,(H,18,19,20). The van der Waals surface area contributed by atoms with E-state index in [9.17, 15) is 0 Å². The molecule has 0 bridgehead atoms. The van der Waals surface area contributed by atoms with Gasteiger partial charge in [0.2, 0.25) is 0 Å². The van der Waals surface area contributed by atoms with Crippen LogP contribution in [0.2, 0.25) is 0 Å². The second kappa shape index (κ2) is 6.70. The van der Waals surface area contributed by atoms with Crippen LogP contribution < -0.4 is 5.32 Å². The van der Waals surface area contributed by atoms with Crippen molar-refractivity contribution >= 4 is 5.82 Å². The lowest BCUT2D eigenvalue weighted by molar-refractivity contribution is 0.742. The van der Waals surface area contributed by atoms with Gasteiger partial charge in [-0.25, -0.2) is 15.0 Å². The zero-order chi connectivity index (χ0) is 15.4. The topological polar surface area (TPSA) is 55.6 Å². The van der Waals surface area contributed by atoms with E-state index < -0.39 is 0 Å². The summed E-state index contributed by atoms with van der Waals surface area (Å²) < 4.78 is 2.04. The second-order valence-electron chi connectivity index (χ2n) is 5.71. The highest BCUT2D eigenvalue weighted by molar-refractivity contribution is 5.46. The molecule has 0 aromatic carbocycles. The number of nitrogens with one attached hydrogen (secondary N) is 1. The van der Waals surface area contributed by atoms with E-state index in [0.29, 0.717) is 5.92 Å². The molecular formula is C16H25N5. The van der Waals surface area contributed by atoms with E-state index in [4.69, 9.17) is 4.98 Å². The average molecular weight is 287 g/mol. The molecule has 0 aliphatic rings. The number of rotatable bonds is 6. The smallest absolute Gasteiger partial charge is 0.133 e. The molecule has 2 heterocycles. The van der Waals surface area contributed by atoms with E-state index in [-0.39, 0.29) is 0 Å². The highest BCUT2D eigenvalue weighted by Crippen LogP contribution is 2.21. The normalized spacial score (nSPS) is 11.1. The van der Waals surface area contributed by atoms with Crippen LogP contribution in [-0.2, 0) is 13.5 Å². The van der Waals surface area contributed by atoms with Crippen molar-refractivity contribution < 1.29 is 0 Å². The van der Waals surface area contributed by atoms with Gasteiger partial charge in [-0.15, -0.1) is 0 Å². The Kier molecular flexibility index (Phi) is 4.94. The summed E-state index contributed by atoms with van der Waals surface area (Å²) in [7, 11) is 2.01. The van der Waals surface area contributed by atoms with Crippen LogP contribution in [0.1, 0.15) is 56.0 Å². The maximum atomic E-state index is 4.75. The number of aromatic nitrogens is 4. The third kappa shape index (κ3) is 3.60. The Morgan fingerprint density at radius 3 is 2.62 bits per heavy atom. The molecule has 0 amide bonds. The molecule has 0 unspecified atom stereocenters. The van der Waals surface area contributed by atoms with Crippen molar-refractivity contribution in [3.63, 3.8) is 0 Å². The molecule has 0 radical (unpaired) electrons. The van der Waals surface area contributed by atoms with Crippen LogP contribution in [0.3, 0.4) is 0 Å². The van der Waals surface area contributed by atoms with E-state index in [1.165, 1.54) is 0 Å². The van der Waals surface area contributed by atoms with Crippen LogP contribution in [0.4, 0.5) is 5.82 Å². The Morgan fingerprint density at radius 2 is 2.05 bits per heavy atom. The van der Waals surface area contributed by atoms with Crippen molar-refractivity contribution in [2.24, 2.45) is 7.05 Å². The molecule has 0 aliphatic carbocycles. The minimum Gasteiger partial charge on any atom is -0.370 e. The Labute approximate surface area is 126 Å². The summed E-state index contributed by atoms with van der Waals surface area (Å²) in [6.07, 6.45) is 5.60. The predicted octanol–water partition coefficient (Wildman–Crippen LogP) is 3.05. The van der Waals surface area contributed by atoms with Crippen molar-refractivity contribution in [3.8, 4) is 0 Å². The zero-order valence-electron chi connectivity index (χ0n) is 13.6. The molecule has 0 atom stereocenters. The van der Waals surface area contributed by atoms with Crippen molar-refractivity contribution in [2.45, 2.75) is 46.5 Å². The summed E-state index contributed by atoms with van der Waals surface area (Å²) in [4.78, 5) is 13.8. The van der Waals surface area contributed by atoms with Crippen LogP contribution in [0.5, 0.6) is 0 Å². The molecule has 21 heavy (non-hydrogen) atoms. The van der Waals surface area contributed by atoms with Gasteiger partial charge >= 0.3 is 0 Å². The average Bonchev–Trinajstić information content (AvgIpc) is 2.85.